The third-order valence-corrected chi connectivity index (χ3v) is 4.51. The van der Waals surface area contributed by atoms with Gasteiger partial charge >= 0.3 is 0 Å². The zero-order valence-electron chi connectivity index (χ0n) is 12.3. The molecule has 0 aliphatic carbocycles. The Hall–Kier alpha value is -2.18. The number of nitrogens with zero attached hydrogens (tertiary/aromatic N) is 4. The van der Waals surface area contributed by atoms with E-state index in [-0.39, 0.29) is 11.0 Å². The number of halogens is 1. The van der Waals surface area contributed by atoms with Crippen molar-refractivity contribution in [3.05, 3.63) is 65.2 Å². The van der Waals surface area contributed by atoms with Gasteiger partial charge in [0, 0.05) is 10.6 Å². The fraction of sp³-hybridized carbons (Fsp3) is 0.125. The summed E-state index contributed by atoms with van der Waals surface area (Å²) in [5.41, 5.74) is 1.47. The first kappa shape index (κ1) is 15.7. The van der Waals surface area contributed by atoms with Gasteiger partial charge in [0.25, 0.3) is 0 Å². The van der Waals surface area contributed by atoms with Gasteiger partial charge in [-0.15, -0.1) is 5.10 Å². The first-order valence-corrected chi connectivity index (χ1v) is 8.21. The van der Waals surface area contributed by atoms with Gasteiger partial charge in [0.2, 0.25) is 5.16 Å². The predicted molar refractivity (Wildman–Crippen MR) is 90.3 cm³/mol. The number of Topliss-reactive ketones (excluding diaryl/α,β-unsaturated/α-hetero) is 1. The van der Waals surface area contributed by atoms with E-state index in [9.17, 15) is 4.79 Å². The molecule has 0 N–H and O–H groups in total. The maximum atomic E-state index is 12.5. The number of carbonyl (C=O) groups is 1. The highest BCUT2D eigenvalue weighted by Gasteiger charge is 2.20. The van der Waals surface area contributed by atoms with Gasteiger partial charge in [-0.05, 0) is 53.7 Å². The van der Waals surface area contributed by atoms with Gasteiger partial charge in [0.15, 0.2) is 5.78 Å². The molecule has 1 heterocycles. The van der Waals surface area contributed by atoms with Gasteiger partial charge in [-0.1, -0.05) is 41.6 Å². The first-order chi connectivity index (χ1) is 11.1. The van der Waals surface area contributed by atoms with Crippen molar-refractivity contribution in [2.75, 3.05) is 0 Å². The molecule has 0 unspecified atom stereocenters. The minimum atomic E-state index is -0.315. The van der Waals surface area contributed by atoms with E-state index >= 15 is 0 Å². The van der Waals surface area contributed by atoms with E-state index in [2.05, 4.69) is 15.5 Å². The molecule has 23 heavy (non-hydrogen) atoms. The minimum Gasteiger partial charge on any atom is -0.293 e. The molecule has 7 heteroatoms. The van der Waals surface area contributed by atoms with Gasteiger partial charge in [0.1, 0.15) is 0 Å². The number of hydrogen-bond donors (Lipinski definition) is 0. The third kappa shape index (κ3) is 3.60. The summed E-state index contributed by atoms with van der Waals surface area (Å²) in [6.45, 7) is 1.84. The zero-order chi connectivity index (χ0) is 16.2. The summed E-state index contributed by atoms with van der Waals surface area (Å²) >= 11 is 7.18. The summed E-state index contributed by atoms with van der Waals surface area (Å²) in [4.78, 5) is 12.5. The van der Waals surface area contributed by atoms with Crippen molar-refractivity contribution >= 4 is 29.1 Å². The van der Waals surface area contributed by atoms with E-state index in [1.54, 1.807) is 28.9 Å². The average Bonchev–Trinajstić information content (AvgIpc) is 3.04. The number of benzene rings is 2. The lowest BCUT2D eigenvalue weighted by Gasteiger charge is -2.10. The average molecular weight is 345 g/mol. The smallest absolute Gasteiger partial charge is 0.214 e. The summed E-state index contributed by atoms with van der Waals surface area (Å²) in [6.07, 6.45) is 0. The normalized spacial score (nSPS) is 12.1. The van der Waals surface area contributed by atoms with Gasteiger partial charge in [0.05, 0.1) is 10.9 Å². The maximum Gasteiger partial charge on any atom is 0.214 e. The number of tetrazole rings is 1. The van der Waals surface area contributed by atoms with Crippen LogP contribution in [-0.4, -0.2) is 31.2 Å². The lowest BCUT2D eigenvalue weighted by atomic mass is 10.1. The van der Waals surface area contributed by atoms with Crippen LogP contribution in [0.25, 0.3) is 5.69 Å². The van der Waals surface area contributed by atoms with Gasteiger partial charge in [-0.25, -0.2) is 0 Å². The zero-order valence-corrected chi connectivity index (χ0v) is 13.8. The summed E-state index contributed by atoms with van der Waals surface area (Å²) in [5.74, 6) is 0.00859. The van der Waals surface area contributed by atoms with Crippen LogP contribution in [-0.2, 0) is 0 Å². The van der Waals surface area contributed by atoms with Gasteiger partial charge in [-0.2, -0.15) is 4.68 Å². The van der Waals surface area contributed by atoms with Crippen LogP contribution in [0, 0.1) is 0 Å². The van der Waals surface area contributed by atoms with Crippen molar-refractivity contribution in [1.29, 1.82) is 0 Å². The largest absolute Gasteiger partial charge is 0.293 e. The van der Waals surface area contributed by atoms with Crippen molar-refractivity contribution < 1.29 is 4.79 Å². The third-order valence-electron chi connectivity index (χ3n) is 3.22. The second-order valence-electron chi connectivity index (χ2n) is 4.84. The molecule has 0 amide bonds. The fourth-order valence-electron chi connectivity index (χ4n) is 2.04. The van der Waals surface area contributed by atoms with E-state index < -0.39 is 0 Å². The van der Waals surface area contributed by atoms with Gasteiger partial charge in [-0.3, -0.25) is 4.79 Å². The molecule has 0 spiro atoms. The molecule has 5 nitrogen and oxygen atoms in total. The Balaban J connectivity index is 1.79. The second-order valence-corrected chi connectivity index (χ2v) is 6.58. The number of aromatic nitrogens is 4. The molecule has 0 saturated heterocycles. The topological polar surface area (TPSA) is 60.7 Å². The Kier molecular flexibility index (Phi) is 4.73. The number of carbonyl (C=O) groups excluding carboxylic acids is 1. The molecule has 0 saturated carbocycles. The summed E-state index contributed by atoms with van der Waals surface area (Å²) in [5, 5.41) is 12.6. The van der Waals surface area contributed by atoms with Crippen molar-refractivity contribution in [2.24, 2.45) is 0 Å². The van der Waals surface area contributed by atoms with Crippen molar-refractivity contribution in [2.45, 2.75) is 17.3 Å². The number of para-hydroxylation sites is 1. The van der Waals surface area contributed by atoms with Crippen LogP contribution < -0.4 is 0 Å². The van der Waals surface area contributed by atoms with E-state index in [0.29, 0.717) is 15.7 Å². The van der Waals surface area contributed by atoms with E-state index in [4.69, 9.17) is 11.6 Å². The molecule has 0 aliphatic rings. The lowest BCUT2D eigenvalue weighted by molar-refractivity contribution is 0.0994. The Labute approximate surface area is 142 Å². The highest BCUT2D eigenvalue weighted by molar-refractivity contribution is 8.00. The number of hydrogen-bond acceptors (Lipinski definition) is 5. The predicted octanol–water partition coefficient (Wildman–Crippen LogP) is 3.68. The van der Waals surface area contributed by atoms with Crippen molar-refractivity contribution in [1.82, 2.24) is 20.2 Å². The summed E-state index contributed by atoms with van der Waals surface area (Å²) in [6, 6.07) is 16.4. The number of rotatable bonds is 5. The SMILES string of the molecule is C[C@H](Sc1nnnn1-c1ccccc1)C(=O)c1ccc(Cl)cc1. The molecule has 3 aromatic rings. The number of ketones is 1. The van der Waals surface area contributed by atoms with Crippen LogP contribution >= 0.6 is 23.4 Å². The van der Waals surface area contributed by atoms with E-state index in [1.807, 2.05) is 37.3 Å². The maximum absolute atomic E-state index is 12.5. The van der Waals surface area contributed by atoms with Crippen LogP contribution in [0.3, 0.4) is 0 Å². The highest BCUT2D eigenvalue weighted by atomic mass is 35.5. The molecule has 0 radical (unpaired) electrons. The van der Waals surface area contributed by atoms with E-state index in [0.717, 1.165) is 5.69 Å². The van der Waals surface area contributed by atoms with Crippen LogP contribution in [0.15, 0.2) is 59.8 Å². The monoisotopic (exact) mass is 344 g/mol. The summed E-state index contributed by atoms with van der Waals surface area (Å²) in [7, 11) is 0. The molecule has 2 aromatic carbocycles. The fourth-order valence-corrected chi connectivity index (χ4v) is 3.05. The Bertz CT molecular complexity index is 804. The minimum absolute atomic E-state index is 0.00859. The quantitative estimate of drug-likeness (QED) is 0.522. The first-order valence-electron chi connectivity index (χ1n) is 6.95. The molecule has 0 bridgehead atoms. The molecule has 116 valence electrons. The Morgan fingerprint density at radius 2 is 1.83 bits per heavy atom. The van der Waals surface area contributed by atoms with Crippen molar-refractivity contribution in [3.8, 4) is 5.69 Å². The number of thioether (sulfide) groups is 1. The Morgan fingerprint density at radius 3 is 2.52 bits per heavy atom. The molecular formula is C16H13ClN4OS. The van der Waals surface area contributed by atoms with E-state index in [1.165, 1.54) is 11.8 Å². The molecule has 0 fully saturated rings. The Morgan fingerprint density at radius 1 is 1.13 bits per heavy atom. The van der Waals surface area contributed by atoms with Crippen LogP contribution in [0.5, 0.6) is 0 Å². The van der Waals surface area contributed by atoms with Crippen LogP contribution in [0.1, 0.15) is 17.3 Å². The molecule has 0 aliphatic heterocycles. The van der Waals surface area contributed by atoms with Crippen LogP contribution in [0.2, 0.25) is 5.02 Å². The lowest BCUT2D eigenvalue weighted by Crippen LogP contribution is -2.14. The van der Waals surface area contributed by atoms with Crippen molar-refractivity contribution in [3.63, 3.8) is 0 Å². The summed E-state index contributed by atoms with van der Waals surface area (Å²) < 4.78 is 1.62. The molecule has 1 atom stereocenters. The molecule has 1 aromatic heterocycles. The molecule has 3 rings (SSSR count). The molecular weight excluding hydrogens is 332 g/mol. The highest BCUT2D eigenvalue weighted by Crippen LogP contribution is 2.25. The van der Waals surface area contributed by atoms with Crippen LogP contribution in [0.4, 0.5) is 0 Å². The second kappa shape index (κ2) is 6.93. The standard InChI is InChI=1S/C16H13ClN4OS/c1-11(15(22)12-7-9-13(17)10-8-12)23-16-18-19-20-21(16)14-5-3-2-4-6-14/h2-11H,1H3/t11-/m0/s1. The van der Waals surface area contributed by atoms with Gasteiger partial charge < -0.3 is 0 Å².